The van der Waals surface area contributed by atoms with Gasteiger partial charge in [0.25, 0.3) is 5.69 Å². The van der Waals surface area contributed by atoms with Crippen molar-refractivity contribution in [3.05, 3.63) is 58.3 Å². The number of benzene rings is 2. The number of nitrogens with one attached hydrogen (secondary N) is 2. The minimum absolute atomic E-state index is 0.0336. The van der Waals surface area contributed by atoms with E-state index in [1.54, 1.807) is 12.1 Å². The Bertz CT molecular complexity index is 942. The van der Waals surface area contributed by atoms with Crippen LogP contribution in [0.1, 0.15) is 5.56 Å². The van der Waals surface area contributed by atoms with E-state index in [1.165, 1.54) is 18.3 Å². The fraction of sp³-hybridized carbons (Fsp3) is 0.0625. The largest absolute Gasteiger partial charge is 0.337 e. The van der Waals surface area contributed by atoms with Crippen molar-refractivity contribution in [1.82, 2.24) is 9.97 Å². The second-order valence-electron chi connectivity index (χ2n) is 5.12. The Morgan fingerprint density at radius 2 is 1.96 bits per heavy atom. The molecule has 8 nitrogen and oxygen atoms in total. The van der Waals surface area contributed by atoms with E-state index in [-0.39, 0.29) is 5.69 Å². The van der Waals surface area contributed by atoms with Crippen LogP contribution < -0.4 is 10.6 Å². The molecule has 1 aromatic heterocycles. The van der Waals surface area contributed by atoms with Crippen LogP contribution in [0.25, 0.3) is 11.0 Å². The summed E-state index contributed by atoms with van der Waals surface area (Å²) in [6.07, 6.45) is 2.08. The standard InChI is InChI=1S/C16H13N5O3/c1-10-2-4-12(18-9-22)15(6-10)20-16-8-17-14-7-11(21(23)24)3-5-13(14)19-16/h2-9H,1H3,(H,18,22)(H,19,20). The zero-order valence-electron chi connectivity index (χ0n) is 12.7. The van der Waals surface area contributed by atoms with Gasteiger partial charge in [0.1, 0.15) is 5.82 Å². The molecule has 0 atom stereocenters. The third kappa shape index (κ3) is 3.12. The summed E-state index contributed by atoms with van der Waals surface area (Å²) in [7, 11) is 0. The second-order valence-corrected chi connectivity index (χ2v) is 5.12. The van der Waals surface area contributed by atoms with Crippen molar-refractivity contribution in [2.45, 2.75) is 6.92 Å². The fourth-order valence-electron chi connectivity index (χ4n) is 2.26. The number of aryl methyl sites for hydroxylation is 1. The highest BCUT2D eigenvalue weighted by atomic mass is 16.6. The molecule has 0 aliphatic rings. The number of amides is 1. The Balaban J connectivity index is 1.96. The first-order chi connectivity index (χ1) is 11.6. The van der Waals surface area contributed by atoms with E-state index in [0.29, 0.717) is 34.6 Å². The smallest absolute Gasteiger partial charge is 0.271 e. The van der Waals surface area contributed by atoms with Gasteiger partial charge in [-0.3, -0.25) is 19.9 Å². The normalized spacial score (nSPS) is 10.4. The fourth-order valence-corrected chi connectivity index (χ4v) is 2.26. The molecule has 0 saturated carbocycles. The van der Waals surface area contributed by atoms with E-state index in [1.807, 2.05) is 19.1 Å². The van der Waals surface area contributed by atoms with Gasteiger partial charge in [-0.25, -0.2) is 4.98 Å². The molecular weight excluding hydrogens is 310 g/mol. The summed E-state index contributed by atoms with van der Waals surface area (Å²) in [6, 6.07) is 9.83. The lowest BCUT2D eigenvalue weighted by Gasteiger charge is -2.11. The van der Waals surface area contributed by atoms with Crippen molar-refractivity contribution in [2.75, 3.05) is 10.6 Å². The number of hydrogen-bond donors (Lipinski definition) is 2. The van der Waals surface area contributed by atoms with Gasteiger partial charge in [0.2, 0.25) is 6.41 Å². The Morgan fingerprint density at radius 3 is 2.71 bits per heavy atom. The molecule has 0 aliphatic carbocycles. The van der Waals surface area contributed by atoms with Gasteiger partial charge < -0.3 is 10.6 Å². The molecular formula is C16H13N5O3. The first kappa shape index (κ1) is 15.3. The SMILES string of the molecule is Cc1ccc(NC=O)c(Nc2cnc3cc([N+](=O)[O-])ccc3n2)c1. The summed E-state index contributed by atoms with van der Waals surface area (Å²) in [6.45, 7) is 1.93. The zero-order valence-corrected chi connectivity index (χ0v) is 12.7. The number of carbonyl (C=O) groups is 1. The summed E-state index contributed by atoms with van der Waals surface area (Å²) in [5, 5.41) is 16.5. The molecule has 2 N–H and O–H groups in total. The van der Waals surface area contributed by atoms with Crippen molar-refractivity contribution in [1.29, 1.82) is 0 Å². The average molecular weight is 323 g/mol. The van der Waals surface area contributed by atoms with Crippen LogP contribution in [-0.2, 0) is 4.79 Å². The highest BCUT2D eigenvalue weighted by Crippen LogP contribution is 2.26. The van der Waals surface area contributed by atoms with Gasteiger partial charge in [0, 0.05) is 12.1 Å². The minimum atomic E-state index is -0.475. The zero-order chi connectivity index (χ0) is 17.1. The van der Waals surface area contributed by atoms with Crippen LogP contribution in [0.5, 0.6) is 0 Å². The summed E-state index contributed by atoms with van der Waals surface area (Å²) >= 11 is 0. The Morgan fingerprint density at radius 1 is 1.12 bits per heavy atom. The Kier molecular flexibility index (Phi) is 4.02. The molecule has 3 rings (SSSR count). The summed E-state index contributed by atoms with van der Waals surface area (Å²) in [4.78, 5) is 29.6. The van der Waals surface area contributed by atoms with Crippen molar-refractivity contribution in [3.63, 3.8) is 0 Å². The number of hydrogen-bond acceptors (Lipinski definition) is 6. The van der Waals surface area contributed by atoms with E-state index >= 15 is 0 Å². The Hall–Kier alpha value is -3.55. The van der Waals surface area contributed by atoms with Crippen LogP contribution in [0, 0.1) is 17.0 Å². The lowest BCUT2D eigenvalue weighted by Crippen LogP contribution is -2.02. The number of non-ortho nitro benzene ring substituents is 1. The molecule has 24 heavy (non-hydrogen) atoms. The number of fused-ring (bicyclic) bond motifs is 1. The van der Waals surface area contributed by atoms with Crippen LogP contribution in [0.15, 0.2) is 42.6 Å². The maximum atomic E-state index is 10.8. The van der Waals surface area contributed by atoms with Crippen molar-refractivity contribution >= 4 is 40.3 Å². The first-order valence-electron chi connectivity index (χ1n) is 7.06. The first-order valence-corrected chi connectivity index (χ1v) is 7.06. The van der Waals surface area contributed by atoms with E-state index in [9.17, 15) is 14.9 Å². The van der Waals surface area contributed by atoms with E-state index in [4.69, 9.17) is 0 Å². The molecule has 0 radical (unpaired) electrons. The predicted molar refractivity (Wildman–Crippen MR) is 90.3 cm³/mol. The number of anilines is 3. The molecule has 120 valence electrons. The Labute approximate surface area is 136 Å². The number of aromatic nitrogens is 2. The second kappa shape index (κ2) is 6.29. The van der Waals surface area contributed by atoms with Gasteiger partial charge >= 0.3 is 0 Å². The molecule has 0 bridgehead atoms. The molecule has 8 heteroatoms. The maximum Gasteiger partial charge on any atom is 0.271 e. The molecule has 0 unspecified atom stereocenters. The third-order valence-corrected chi connectivity index (χ3v) is 3.39. The van der Waals surface area contributed by atoms with Crippen molar-refractivity contribution in [3.8, 4) is 0 Å². The number of nitrogens with zero attached hydrogens (tertiary/aromatic N) is 3. The van der Waals surface area contributed by atoms with Gasteiger partial charge in [-0.05, 0) is 30.7 Å². The third-order valence-electron chi connectivity index (χ3n) is 3.39. The van der Waals surface area contributed by atoms with Crippen LogP contribution in [-0.4, -0.2) is 21.3 Å². The van der Waals surface area contributed by atoms with Crippen LogP contribution in [0.3, 0.4) is 0 Å². The van der Waals surface area contributed by atoms with Crippen LogP contribution in [0.2, 0.25) is 0 Å². The van der Waals surface area contributed by atoms with Gasteiger partial charge in [0.05, 0.1) is 33.5 Å². The van der Waals surface area contributed by atoms with Gasteiger partial charge in [0.15, 0.2) is 0 Å². The molecule has 2 aromatic carbocycles. The molecule has 0 spiro atoms. The van der Waals surface area contributed by atoms with Crippen molar-refractivity contribution in [2.24, 2.45) is 0 Å². The average Bonchev–Trinajstić information content (AvgIpc) is 2.57. The summed E-state index contributed by atoms with van der Waals surface area (Å²) < 4.78 is 0. The summed E-state index contributed by atoms with van der Waals surface area (Å²) in [5.74, 6) is 0.468. The van der Waals surface area contributed by atoms with Gasteiger partial charge in [-0.2, -0.15) is 0 Å². The summed E-state index contributed by atoms with van der Waals surface area (Å²) in [5.41, 5.74) is 3.24. The monoisotopic (exact) mass is 323 g/mol. The lowest BCUT2D eigenvalue weighted by molar-refractivity contribution is -0.384. The van der Waals surface area contributed by atoms with Gasteiger partial charge in [-0.1, -0.05) is 6.07 Å². The topological polar surface area (TPSA) is 110 Å². The highest BCUT2D eigenvalue weighted by molar-refractivity contribution is 5.84. The molecule has 0 aliphatic heterocycles. The maximum absolute atomic E-state index is 10.8. The van der Waals surface area contributed by atoms with Crippen molar-refractivity contribution < 1.29 is 9.72 Å². The molecule has 1 heterocycles. The van der Waals surface area contributed by atoms with E-state index in [0.717, 1.165) is 5.56 Å². The van der Waals surface area contributed by atoms with E-state index < -0.39 is 4.92 Å². The lowest BCUT2D eigenvalue weighted by atomic mass is 10.2. The highest BCUT2D eigenvalue weighted by Gasteiger charge is 2.09. The number of rotatable bonds is 5. The number of nitro benzene ring substituents is 1. The van der Waals surface area contributed by atoms with Gasteiger partial charge in [-0.15, -0.1) is 0 Å². The minimum Gasteiger partial charge on any atom is -0.337 e. The number of carbonyl (C=O) groups excluding carboxylic acids is 1. The molecule has 0 fully saturated rings. The van der Waals surface area contributed by atoms with Crippen LogP contribution in [0.4, 0.5) is 22.9 Å². The quantitative estimate of drug-likeness (QED) is 0.424. The molecule has 1 amide bonds. The number of nitro groups is 1. The molecule has 3 aromatic rings. The van der Waals surface area contributed by atoms with Crippen LogP contribution >= 0.6 is 0 Å². The molecule has 0 saturated heterocycles. The van der Waals surface area contributed by atoms with E-state index in [2.05, 4.69) is 20.6 Å². The predicted octanol–water partition coefficient (Wildman–Crippen LogP) is 3.16.